The number of para-hydroxylation sites is 1. The first-order valence-corrected chi connectivity index (χ1v) is 8.50. The Kier molecular flexibility index (Phi) is 4.47. The van der Waals surface area contributed by atoms with Gasteiger partial charge in [0.15, 0.2) is 9.84 Å². The summed E-state index contributed by atoms with van der Waals surface area (Å²) in [6, 6.07) is 7.24. The lowest BCUT2D eigenvalue weighted by Gasteiger charge is -2.32. The van der Waals surface area contributed by atoms with E-state index in [0.29, 0.717) is 10.6 Å². The highest BCUT2D eigenvalue weighted by atomic mass is 32.2. The molecule has 4 nitrogen and oxygen atoms in total. The summed E-state index contributed by atoms with van der Waals surface area (Å²) in [5.74, 6) is 0. The Morgan fingerprint density at radius 1 is 1.21 bits per heavy atom. The minimum Gasteiger partial charge on any atom is -0.379 e. The van der Waals surface area contributed by atoms with Crippen molar-refractivity contribution in [1.82, 2.24) is 0 Å². The highest BCUT2D eigenvalue weighted by molar-refractivity contribution is 7.90. The Labute approximate surface area is 115 Å². The van der Waals surface area contributed by atoms with Crippen LogP contribution in [-0.4, -0.2) is 33.9 Å². The van der Waals surface area contributed by atoms with Crippen molar-refractivity contribution in [2.24, 2.45) is 0 Å². The van der Waals surface area contributed by atoms with Gasteiger partial charge in [0.25, 0.3) is 0 Å². The van der Waals surface area contributed by atoms with Crippen LogP contribution < -0.4 is 5.32 Å². The van der Waals surface area contributed by atoms with Crippen molar-refractivity contribution < 1.29 is 13.2 Å². The molecular formula is C14H21NO3S. The maximum absolute atomic E-state index is 11.8. The third-order valence-corrected chi connectivity index (χ3v) is 4.79. The van der Waals surface area contributed by atoms with Crippen LogP contribution in [0.1, 0.15) is 25.7 Å². The Hall–Kier alpha value is -1.07. The molecule has 2 atom stereocenters. The van der Waals surface area contributed by atoms with Crippen LogP contribution in [-0.2, 0) is 14.6 Å². The van der Waals surface area contributed by atoms with Gasteiger partial charge in [0.1, 0.15) is 0 Å². The summed E-state index contributed by atoms with van der Waals surface area (Å²) in [6.07, 6.45) is 5.75. The molecule has 0 spiro atoms. The number of benzene rings is 1. The van der Waals surface area contributed by atoms with E-state index in [2.05, 4.69) is 5.32 Å². The molecule has 1 aromatic rings. The predicted octanol–water partition coefficient (Wildman–Crippen LogP) is 2.46. The molecule has 5 heteroatoms. The van der Waals surface area contributed by atoms with Crippen molar-refractivity contribution in [2.75, 3.05) is 18.7 Å². The van der Waals surface area contributed by atoms with Crippen molar-refractivity contribution in [3.05, 3.63) is 24.3 Å². The minimum absolute atomic E-state index is 0.154. The average molecular weight is 283 g/mol. The van der Waals surface area contributed by atoms with Crippen molar-refractivity contribution in [3.63, 3.8) is 0 Å². The highest BCUT2D eigenvalue weighted by Gasteiger charge is 2.26. The van der Waals surface area contributed by atoms with Gasteiger partial charge in [-0.2, -0.15) is 0 Å². The number of anilines is 1. The van der Waals surface area contributed by atoms with Gasteiger partial charge in [-0.1, -0.05) is 25.0 Å². The van der Waals surface area contributed by atoms with E-state index < -0.39 is 9.84 Å². The largest absolute Gasteiger partial charge is 0.379 e. The van der Waals surface area contributed by atoms with Crippen molar-refractivity contribution in [2.45, 2.75) is 42.7 Å². The van der Waals surface area contributed by atoms with Gasteiger partial charge in [0.2, 0.25) is 0 Å². The standard InChI is InChI=1S/C14H21NO3S/c1-18-13-9-5-3-7-11(13)15-12-8-4-6-10-14(12)19(2,16)17/h4,6,8,10-11,13,15H,3,5,7,9H2,1-2H3. The van der Waals surface area contributed by atoms with Crippen molar-refractivity contribution >= 4 is 15.5 Å². The first-order chi connectivity index (χ1) is 9.02. The molecule has 1 saturated carbocycles. The molecule has 2 rings (SSSR count). The Morgan fingerprint density at radius 3 is 2.58 bits per heavy atom. The molecule has 106 valence electrons. The number of hydrogen-bond acceptors (Lipinski definition) is 4. The summed E-state index contributed by atoms with van der Waals surface area (Å²) >= 11 is 0. The number of methoxy groups -OCH3 is 1. The molecule has 0 heterocycles. The third-order valence-electron chi connectivity index (χ3n) is 3.63. The lowest BCUT2D eigenvalue weighted by atomic mass is 9.92. The fraction of sp³-hybridized carbons (Fsp3) is 0.571. The summed E-state index contributed by atoms with van der Waals surface area (Å²) in [7, 11) is -1.50. The molecule has 0 saturated heterocycles. The van der Waals surface area contributed by atoms with E-state index in [1.54, 1.807) is 19.2 Å². The maximum atomic E-state index is 11.8. The van der Waals surface area contributed by atoms with E-state index in [4.69, 9.17) is 4.74 Å². The smallest absolute Gasteiger partial charge is 0.177 e. The summed E-state index contributed by atoms with van der Waals surface area (Å²) in [5, 5.41) is 3.35. The van der Waals surface area contributed by atoms with Crippen LogP contribution >= 0.6 is 0 Å². The van der Waals surface area contributed by atoms with E-state index in [9.17, 15) is 8.42 Å². The monoisotopic (exact) mass is 283 g/mol. The van der Waals surface area contributed by atoms with Crippen LogP contribution in [0.2, 0.25) is 0 Å². The van der Waals surface area contributed by atoms with Crippen LogP contribution in [0, 0.1) is 0 Å². The SMILES string of the molecule is COC1CCCCC1Nc1ccccc1S(C)(=O)=O. The first-order valence-electron chi connectivity index (χ1n) is 6.61. The van der Waals surface area contributed by atoms with Gasteiger partial charge in [-0.25, -0.2) is 8.42 Å². The first kappa shape index (κ1) is 14.3. The Morgan fingerprint density at radius 2 is 1.89 bits per heavy atom. The van der Waals surface area contributed by atoms with Crippen molar-refractivity contribution in [1.29, 1.82) is 0 Å². The van der Waals surface area contributed by atoms with Crippen LogP contribution in [0.3, 0.4) is 0 Å². The second-order valence-electron chi connectivity index (χ2n) is 5.08. The fourth-order valence-electron chi connectivity index (χ4n) is 2.65. The molecule has 0 radical (unpaired) electrons. The molecule has 19 heavy (non-hydrogen) atoms. The molecule has 0 aromatic heterocycles. The van der Waals surface area contributed by atoms with E-state index in [1.165, 1.54) is 12.7 Å². The van der Waals surface area contributed by atoms with E-state index in [0.717, 1.165) is 19.3 Å². The van der Waals surface area contributed by atoms with Gasteiger partial charge >= 0.3 is 0 Å². The molecule has 1 N–H and O–H groups in total. The van der Waals surface area contributed by atoms with Crippen LogP contribution in [0.25, 0.3) is 0 Å². The number of hydrogen-bond donors (Lipinski definition) is 1. The second-order valence-corrected chi connectivity index (χ2v) is 7.06. The molecular weight excluding hydrogens is 262 g/mol. The van der Waals surface area contributed by atoms with Gasteiger partial charge in [-0.3, -0.25) is 0 Å². The highest BCUT2D eigenvalue weighted by Crippen LogP contribution is 2.27. The normalized spacial score (nSPS) is 24.1. The van der Waals surface area contributed by atoms with Gasteiger partial charge in [-0.05, 0) is 25.0 Å². The van der Waals surface area contributed by atoms with Gasteiger partial charge in [0, 0.05) is 13.4 Å². The van der Waals surface area contributed by atoms with Crippen LogP contribution in [0.4, 0.5) is 5.69 Å². The van der Waals surface area contributed by atoms with Crippen LogP contribution in [0.5, 0.6) is 0 Å². The lowest BCUT2D eigenvalue weighted by Crippen LogP contribution is -2.38. The summed E-state index contributed by atoms with van der Waals surface area (Å²) < 4.78 is 29.0. The predicted molar refractivity (Wildman–Crippen MR) is 76.2 cm³/mol. The molecule has 1 aliphatic rings. The third kappa shape index (κ3) is 3.48. The minimum atomic E-state index is -3.21. The number of rotatable bonds is 4. The van der Waals surface area contributed by atoms with E-state index >= 15 is 0 Å². The molecule has 1 aliphatic carbocycles. The van der Waals surface area contributed by atoms with Gasteiger partial charge in [-0.15, -0.1) is 0 Å². The zero-order valence-electron chi connectivity index (χ0n) is 11.4. The van der Waals surface area contributed by atoms with Gasteiger partial charge < -0.3 is 10.1 Å². The van der Waals surface area contributed by atoms with E-state index in [1.807, 2.05) is 12.1 Å². The van der Waals surface area contributed by atoms with Gasteiger partial charge in [0.05, 0.1) is 22.7 Å². The molecule has 0 aliphatic heterocycles. The topological polar surface area (TPSA) is 55.4 Å². The zero-order chi connectivity index (χ0) is 13.9. The molecule has 0 bridgehead atoms. The number of sulfone groups is 1. The van der Waals surface area contributed by atoms with E-state index in [-0.39, 0.29) is 12.1 Å². The number of nitrogens with one attached hydrogen (secondary N) is 1. The molecule has 1 aromatic carbocycles. The fourth-order valence-corrected chi connectivity index (χ4v) is 3.51. The average Bonchev–Trinajstić information content (AvgIpc) is 2.39. The number of ether oxygens (including phenoxy) is 1. The maximum Gasteiger partial charge on any atom is 0.177 e. The molecule has 1 fully saturated rings. The second kappa shape index (κ2) is 5.92. The van der Waals surface area contributed by atoms with Crippen LogP contribution in [0.15, 0.2) is 29.2 Å². The quantitative estimate of drug-likeness (QED) is 0.922. The summed E-state index contributed by atoms with van der Waals surface area (Å²) in [6.45, 7) is 0. The Balaban J connectivity index is 2.23. The molecule has 0 amide bonds. The van der Waals surface area contributed by atoms with Crippen molar-refractivity contribution in [3.8, 4) is 0 Å². The zero-order valence-corrected chi connectivity index (χ0v) is 12.2. The molecule has 2 unspecified atom stereocenters. The summed E-state index contributed by atoms with van der Waals surface area (Å²) in [5.41, 5.74) is 0.680. The Bertz CT molecular complexity index is 527. The summed E-state index contributed by atoms with van der Waals surface area (Å²) in [4.78, 5) is 0.357. The lowest BCUT2D eigenvalue weighted by molar-refractivity contribution is 0.0605.